The average molecular weight is 396 g/mol. The molecule has 1 unspecified atom stereocenters. The smallest absolute Gasteiger partial charge is 0.207 e. The zero-order chi connectivity index (χ0) is 13.9. The van der Waals surface area contributed by atoms with Gasteiger partial charge in [-0.25, -0.2) is 8.42 Å². The highest BCUT2D eigenvalue weighted by molar-refractivity contribution is 9.11. The highest BCUT2D eigenvalue weighted by atomic mass is 79.9. The first-order valence-electron chi connectivity index (χ1n) is 5.10. The summed E-state index contributed by atoms with van der Waals surface area (Å²) in [4.78, 5) is 0.193. The van der Waals surface area contributed by atoms with Crippen LogP contribution in [0.25, 0.3) is 0 Å². The molecule has 1 rings (SSSR count). The monoisotopic (exact) mass is 394 g/mol. The third-order valence-corrected chi connectivity index (χ3v) is 5.63. The number of rotatable bonds is 4. The second kappa shape index (κ2) is 6.15. The van der Waals surface area contributed by atoms with Gasteiger partial charge in [-0.3, -0.25) is 0 Å². The largest absolute Gasteiger partial charge is 0.243 e. The van der Waals surface area contributed by atoms with Crippen LogP contribution in [0.4, 0.5) is 0 Å². The van der Waals surface area contributed by atoms with Gasteiger partial charge in [-0.2, -0.15) is 9.57 Å². The van der Waals surface area contributed by atoms with E-state index in [-0.39, 0.29) is 17.4 Å². The number of hydrogen-bond acceptors (Lipinski definition) is 3. The van der Waals surface area contributed by atoms with Gasteiger partial charge >= 0.3 is 0 Å². The van der Waals surface area contributed by atoms with E-state index in [1.165, 1.54) is 17.4 Å². The number of nitriles is 1. The summed E-state index contributed by atoms with van der Waals surface area (Å²) in [5, 5.41) is 8.72. The van der Waals surface area contributed by atoms with Crippen molar-refractivity contribution >= 4 is 41.9 Å². The Morgan fingerprint density at radius 3 is 2.56 bits per heavy atom. The summed E-state index contributed by atoms with van der Waals surface area (Å²) >= 11 is 6.50. The zero-order valence-electron chi connectivity index (χ0n) is 9.89. The molecule has 0 amide bonds. The van der Waals surface area contributed by atoms with Crippen molar-refractivity contribution in [3.8, 4) is 6.07 Å². The molecule has 0 aliphatic heterocycles. The van der Waals surface area contributed by atoms with E-state index in [1.54, 1.807) is 19.1 Å². The molecule has 18 heavy (non-hydrogen) atoms. The molecule has 0 heterocycles. The molecule has 0 aliphatic rings. The second-order valence-electron chi connectivity index (χ2n) is 3.89. The summed E-state index contributed by atoms with van der Waals surface area (Å²) in [6.45, 7) is 1.85. The lowest BCUT2D eigenvalue weighted by atomic mass is 10.2. The van der Waals surface area contributed by atoms with Crippen LogP contribution in [0.2, 0.25) is 0 Å². The summed E-state index contributed by atoms with van der Waals surface area (Å²) in [6.07, 6.45) is 0. The normalized spacial score (nSPS) is 13.3. The minimum Gasteiger partial charge on any atom is -0.207 e. The topological polar surface area (TPSA) is 61.2 Å². The molecule has 0 fully saturated rings. The van der Waals surface area contributed by atoms with E-state index in [2.05, 4.69) is 31.9 Å². The molecule has 4 nitrogen and oxygen atoms in total. The fourth-order valence-corrected chi connectivity index (χ4v) is 4.34. The molecule has 1 aromatic carbocycles. The van der Waals surface area contributed by atoms with E-state index in [4.69, 9.17) is 5.26 Å². The molecule has 0 bridgehead atoms. The lowest BCUT2D eigenvalue weighted by Gasteiger charge is -2.19. The van der Waals surface area contributed by atoms with Crippen molar-refractivity contribution in [3.63, 3.8) is 0 Å². The molecule has 1 atom stereocenters. The third-order valence-electron chi connectivity index (χ3n) is 2.33. The summed E-state index contributed by atoms with van der Waals surface area (Å²) < 4.78 is 27.0. The first kappa shape index (κ1) is 15.6. The van der Waals surface area contributed by atoms with Crippen molar-refractivity contribution in [1.29, 1.82) is 5.26 Å². The quantitative estimate of drug-likeness (QED) is 0.787. The molecular formula is C11H12Br2N2O2S. The van der Waals surface area contributed by atoms with Crippen molar-refractivity contribution < 1.29 is 8.42 Å². The number of sulfonamides is 1. The van der Waals surface area contributed by atoms with E-state index >= 15 is 0 Å². The van der Waals surface area contributed by atoms with Crippen molar-refractivity contribution in [2.75, 3.05) is 13.6 Å². The highest BCUT2D eigenvalue weighted by Gasteiger charge is 2.24. The van der Waals surface area contributed by atoms with Gasteiger partial charge in [0.15, 0.2) is 0 Å². The number of hydrogen-bond donors (Lipinski definition) is 0. The number of benzene rings is 1. The van der Waals surface area contributed by atoms with E-state index < -0.39 is 10.0 Å². The molecule has 1 aromatic rings. The van der Waals surface area contributed by atoms with Gasteiger partial charge in [0, 0.05) is 22.5 Å². The van der Waals surface area contributed by atoms with Gasteiger partial charge < -0.3 is 0 Å². The van der Waals surface area contributed by atoms with Crippen LogP contribution in [0.1, 0.15) is 6.92 Å². The van der Waals surface area contributed by atoms with Gasteiger partial charge in [0.25, 0.3) is 0 Å². The predicted molar refractivity (Wildman–Crippen MR) is 76.4 cm³/mol. The minimum atomic E-state index is -3.58. The molecule has 98 valence electrons. The van der Waals surface area contributed by atoms with Crippen LogP contribution < -0.4 is 0 Å². The summed E-state index contributed by atoms with van der Waals surface area (Å²) in [5.41, 5.74) is 0. The molecule has 0 aromatic heterocycles. The van der Waals surface area contributed by atoms with Crippen molar-refractivity contribution in [2.45, 2.75) is 11.8 Å². The Kier molecular flexibility index (Phi) is 5.34. The Morgan fingerprint density at radius 2 is 2.06 bits per heavy atom. The highest BCUT2D eigenvalue weighted by Crippen LogP contribution is 2.27. The van der Waals surface area contributed by atoms with Crippen LogP contribution in [0, 0.1) is 17.2 Å². The molecule has 7 heteroatoms. The molecule has 0 spiro atoms. The van der Waals surface area contributed by atoms with Crippen LogP contribution in [0.15, 0.2) is 32.0 Å². The Morgan fingerprint density at radius 1 is 1.44 bits per heavy atom. The Balaban J connectivity index is 3.10. The maximum absolute atomic E-state index is 12.3. The molecule has 0 saturated carbocycles. The van der Waals surface area contributed by atoms with E-state index in [0.717, 1.165) is 4.47 Å². The maximum atomic E-state index is 12.3. The third kappa shape index (κ3) is 3.54. The van der Waals surface area contributed by atoms with Gasteiger partial charge in [0.05, 0.1) is 16.9 Å². The van der Waals surface area contributed by atoms with Crippen molar-refractivity contribution in [1.82, 2.24) is 4.31 Å². The second-order valence-corrected chi connectivity index (χ2v) is 7.67. The lowest BCUT2D eigenvalue weighted by Crippen LogP contribution is -2.31. The molecule has 0 radical (unpaired) electrons. The van der Waals surface area contributed by atoms with Gasteiger partial charge in [-0.15, -0.1) is 0 Å². The minimum absolute atomic E-state index is 0.168. The predicted octanol–water partition coefficient (Wildman–Crippen LogP) is 2.99. The van der Waals surface area contributed by atoms with Crippen LogP contribution in [-0.4, -0.2) is 26.3 Å². The standard InChI is InChI=1S/C11H12Br2N2O2S/c1-8(6-14)7-15(2)18(16,17)11-4-3-9(12)5-10(11)13/h3-5,8H,7H2,1-2H3. The summed E-state index contributed by atoms with van der Waals surface area (Å²) in [6, 6.07) is 6.88. The Bertz CT molecular complexity index is 581. The van der Waals surface area contributed by atoms with Gasteiger partial charge in [0.2, 0.25) is 10.0 Å². The van der Waals surface area contributed by atoms with Crippen LogP contribution >= 0.6 is 31.9 Å². The van der Waals surface area contributed by atoms with Crippen LogP contribution in [-0.2, 0) is 10.0 Å². The number of halogens is 2. The lowest BCUT2D eigenvalue weighted by molar-refractivity contribution is 0.439. The van der Waals surface area contributed by atoms with Gasteiger partial charge in [-0.05, 0) is 41.1 Å². The zero-order valence-corrected chi connectivity index (χ0v) is 13.9. The summed E-state index contributed by atoms with van der Waals surface area (Å²) in [5.74, 6) is -0.348. The van der Waals surface area contributed by atoms with Gasteiger partial charge in [0.1, 0.15) is 0 Å². The molecular weight excluding hydrogens is 384 g/mol. The molecule has 0 saturated heterocycles. The van der Waals surface area contributed by atoms with Gasteiger partial charge in [-0.1, -0.05) is 15.9 Å². The SMILES string of the molecule is CC(C#N)CN(C)S(=O)(=O)c1ccc(Br)cc1Br. The first-order valence-corrected chi connectivity index (χ1v) is 8.12. The van der Waals surface area contributed by atoms with Crippen LogP contribution in [0.3, 0.4) is 0 Å². The fraction of sp³-hybridized carbons (Fsp3) is 0.364. The average Bonchev–Trinajstić information content (AvgIpc) is 2.28. The summed E-state index contributed by atoms with van der Waals surface area (Å²) in [7, 11) is -2.11. The molecule has 0 N–H and O–H groups in total. The van der Waals surface area contributed by atoms with Crippen LogP contribution in [0.5, 0.6) is 0 Å². The number of nitrogens with zero attached hydrogens (tertiary/aromatic N) is 2. The maximum Gasteiger partial charge on any atom is 0.243 e. The van der Waals surface area contributed by atoms with E-state index in [9.17, 15) is 8.42 Å². The first-order chi connectivity index (χ1) is 8.28. The van der Waals surface area contributed by atoms with Crippen molar-refractivity contribution in [2.24, 2.45) is 5.92 Å². The van der Waals surface area contributed by atoms with E-state index in [1.807, 2.05) is 6.07 Å². The van der Waals surface area contributed by atoms with Crippen molar-refractivity contribution in [3.05, 3.63) is 27.1 Å². The Hall–Kier alpha value is -0.420. The Labute approximate surface area is 124 Å². The molecule has 0 aliphatic carbocycles. The fourth-order valence-electron chi connectivity index (χ4n) is 1.38. The van der Waals surface area contributed by atoms with E-state index in [0.29, 0.717) is 4.47 Å².